The number of aryl methyl sites for hydroxylation is 3. The van der Waals surface area contributed by atoms with Crippen LogP contribution in [0.4, 0.5) is 0 Å². The zero-order valence-electron chi connectivity index (χ0n) is 12.6. The molecule has 2 aromatic rings. The summed E-state index contributed by atoms with van der Waals surface area (Å²) < 4.78 is 0. The quantitative estimate of drug-likeness (QED) is 0.639. The van der Waals surface area contributed by atoms with Crippen molar-refractivity contribution >= 4 is 10.9 Å². The summed E-state index contributed by atoms with van der Waals surface area (Å²) in [6.07, 6.45) is 5.20. The van der Waals surface area contributed by atoms with Gasteiger partial charge in [-0.05, 0) is 49.8 Å². The van der Waals surface area contributed by atoms with E-state index in [0.717, 1.165) is 0 Å². The maximum atomic E-state index is 3.56. The number of H-pyrrole nitrogens is 1. The van der Waals surface area contributed by atoms with Gasteiger partial charge < -0.3 is 4.98 Å². The van der Waals surface area contributed by atoms with Crippen molar-refractivity contribution in [2.24, 2.45) is 0 Å². The third kappa shape index (κ3) is 2.95. The first-order valence-corrected chi connectivity index (χ1v) is 7.45. The molecule has 0 saturated carbocycles. The summed E-state index contributed by atoms with van der Waals surface area (Å²) in [5.41, 5.74) is 5.73. The predicted octanol–water partition coefficient (Wildman–Crippen LogP) is 5.41. The maximum Gasteiger partial charge on any atom is 0.0461 e. The second-order valence-electron chi connectivity index (χ2n) is 4.34. The highest BCUT2D eigenvalue weighted by molar-refractivity contribution is 5.85. The highest BCUT2D eigenvalue weighted by Crippen LogP contribution is 2.29. The van der Waals surface area contributed by atoms with E-state index in [1.54, 1.807) is 5.56 Å². The largest absolute Gasteiger partial charge is 0.358 e. The number of hydrogen-bond acceptors (Lipinski definition) is 0. The fraction of sp³-hybridized carbons (Fsp3) is 0.529. The van der Waals surface area contributed by atoms with Crippen LogP contribution in [-0.4, -0.2) is 4.98 Å². The van der Waals surface area contributed by atoms with Gasteiger partial charge in [0, 0.05) is 16.6 Å². The van der Waals surface area contributed by atoms with E-state index >= 15 is 0 Å². The van der Waals surface area contributed by atoms with Crippen LogP contribution in [0.15, 0.2) is 18.2 Å². The molecule has 3 rings (SSSR count). The van der Waals surface area contributed by atoms with E-state index in [9.17, 15) is 0 Å². The molecule has 0 saturated heterocycles. The van der Waals surface area contributed by atoms with Crippen molar-refractivity contribution in [1.29, 1.82) is 0 Å². The number of nitrogens with one attached hydrogen (secondary N) is 1. The van der Waals surface area contributed by atoms with Crippen LogP contribution in [0.1, 0.15) is 57.4 Å². The van der Waals surface area contributed by atoms with Crippen molar-refractivity contribution in [3.05, 3.63) is 35.0 Å². The minimum atomic E-state index is 1.24. The van der Waals surface area contributed by atoms with Crippen LogP contribution in [0.25, 0.3) is 10.9 Å². The fourth-order valence-corrected chi connectivity index (χ4v) is 2.53. The van der Waals surface area contributed by atoms with E-state index in [2.05, 4.69) is 30.1 Å². The summed E-state index contributed by atoms with van der Waals surface area (Å²) in [5, 5.41) is 1.45. The Labute approximate surface area is 112 Å². The number of benzene rings is 1. The van der Waals surface area contributed by atoms with Gasteiger partial charge in [0.1, 0.15) is 0 Å². The lowest BCUT2D eigenvalue weighted by molar-refractivity contribution is 0.680. The fourth-order valence-electron chi connectivity index (χ4n) is 2.53. The number of aromatic nitrogens is 1. The van der Waals surface area contributed by atoms with Gasteiger partial charge in [0.05, 0.1) is 0 Å². The molecule has 1 N–H and O–H groups in total. The monoisotopic (exact) mass is 245 g/mol. The summed E-state index contributed by atoms with van der Waals surface area (Å²) in [4.78, 5) is 3.56. The van der Waals surface area contributed by atoms with Crippen molar-refractivity contribution in [3.63, 3.8) is 0 Å². The van der Waals surface area contributed by atoms with Crippen LogP contribution in [0.5, 0.6) is 0 Å². The first-order chi connectivity index (χ1) is 8.84. The van der Waals surface area contributed by atoms with Gasteiger partial charge in [-0.3, -0.25) is 0 Å². The molecule has 1 aliphatic rings. The average molecular weight is 245 g/mol. The molecule has 1 aromatic carbocycles. The van der Waals surface area contributed by atoms with Gasteiger partial charge >= 0.3 is 0 Å². The predicted molar refractivity (Wildman–Crippen MR) is 82.4 cm³/mol. The van der Waals surface area contributed by atoms with Gasteiger partial charge in [0.25, 0.3) is 0 Å². The molecular weight excluding hydrogens is 218 g/mol. The Kier molecular flexibility index (Phi) is 5.97. The van der Waals surface area contributed by atoms with Gasteiger partial charge in [-0.2, -0.15) is 0 Å². The highest BCUT2D eigenvalue weighted by Gasteiger charge is 2.14. The standard InChI is InChI=1S/C13H15N.2C2H6/c1-9-6-7-11-10-4-2-3-5-12(10)14-13(11)8-9;2*1-2/h6-8,14H,2-5H2,1H3;2*1-2H3. The molecule has 0 atom stereocenters. The van der Waals surface area contributed by atoms with Crippen molar-refractivity contribution in [3.8, 4) is 0 Å². The van der Waals surface area contributed by atoms with E-state index in [4.69, 9.17) is 0 Å². The Balaban J connectivity index is 0.000000371. The molecule has 0 unspecified atom stereocenters. The minimum Gasteiger partial charge on any atom is -0.358 e. The van der Waals surface area contributed by atoms with E-state index < -0.39 is 0 Å². The normalized spacial score (nSPS) is 12.9. The second-order valence-corrected chi connectivity index (χ2v) is 4.34. The van der Waals surface area contributed by atoms with Crippen molar-refractivity contribution < 1.29 is 0 Å². The molecule has 1 aliphatic carbocycles. The topological polar surface area (TPSA) is 15.8 Å². The zero-order chi connectivity index (χ0) is 13.5. The molecule has 0 aliphatic heterocycles. The molecule has 1 nitrogen and oxygen atoms in total. The van der Waals surface area contributed by atoms with E-state index in [1.807, 2.05) is 27.7 Å². The summed E-state index contributed by atoms with van der Waals surface area (Å²) in [6, 6.07) is 6.74. The molecule has 1 heterocycles. The third-order valence-corrected chi connectivity index (χ3v) is 3.25. The molecule has 1 aromatic heterocycles. The Morgan fingerprint density at radius 3 is 2.33 bits per heavy atom. The van der Waals surface area contributed by atoms with Gasteiger partial charge in [0.2, 0.25) is 0 Å². The minimum absolute atomic E-state index is 1.24. The van der Waals surface area contributed by atoms with Crippen LogP contribution in [0.3, 0.4) is 0 Å². The van der Waals surface area contributed by atoms with Gasteiger partial charge in [-0.25, -0.2) is 0 Å². The van der Waals surface area contributed by atoms with E-state index in [1.165, 1.54) is 47.8 Å². The summed E-state index contributed by atoms with van der Waals surface area (Å²) in [6.45, 7) is 10.2. The van der Waals surface area contributed by atoms with Crippen molar-refractivity contribution in [2.75, 3.05) is 0 Å². The summed E-state index contributed by atoms with van der Waals surface area (Å²) >= 11 is 0. The number of hydrogen-bond donors (Lipinski definition) is 1. The van der Waals surface area contributed by atoms with Gasteiger partial charge in [-0.1, -0.05) is 39.8 Å². The first-order valence-electron chi connectivity index (χ1n) is 7.45. The van der Waals surface area contributed by atoms with Crippen LogP contribution in [0, 0.1) is 6.92 Å². The van der Waals surface area contributed by atoms with Crippen molar-refractivity contribution in [1.82, 2.24) is 4.98 Å². The molecular formula is C17H27N. The Morgan fingerprint density at radius 1 is 0.944 bits per heavy atom. The van der Waals surface area contributed by atoms with Gasteiger partial charge in [0.15, 0.2) is 0 Å². The Bertz CT molecular complexity index is 480. The molecule has 18 heavy (non-hydrogen) atoms. The van der Waals surface area contributed by atoms with Crippen LogP contribution < -0.4 is 0 Å². The lowest BCUT2D eigenvalue weighted by atomic mass is 9.95. The maximum absolute atomic E-state index is 3.56. The molecule has 1 heteroatoms. The number of aromatic amines is 1. The summed E-state index contributed by atoms with van der Waals surface area (Å²) in [5.74, 6) is 0. The molecule has 0 fully saturated rings. The highest BCUT2D eigenvalue weighted by atomic mass is 14.7. The van der Waals surface area contributed by atoms with E-state index in [0.29, 0.717) is 0 Å². The lowest BCUT2D eigenvalue weighted by Gasteiger charge is -2.10. The number of fused-ring (bicyclic) bond motifs is 3. The van der Waals surface area contributed by atoms with Crippen LogP contribution in [-0.2, 0) is 12.8 Å². The van der Waals surface area contributed by atoms with Crippen molar-refractivity contribution in [2.45, 2.75) is 60.3 Å². The zero-order valence-corrected chi connectivity index (χ0v) is 12.6. The van der Waals surface area contributed by atoms with Crippen LogP contribution >= 0.6 is 0 Å². The molecule has 0 amide bonds. The van der Waals surface area contributed by atoms with Gasteiger partial charge in [-0.15, -0.1) is 0 Å². The SMILES string of the molecule is CC.CC.Cc1ccc2c3c([nH]c2c1)CCCC3. The average Bonchev–Trinajstić information content (AvgIpc) is 2.80. The molecule has 0 spiro atoms. The molecule has 0 bridgehead atoms. The summed E-state index contributed by atoms with van der Waals surface area (Å²) in [7, 11) is 0. The second kappa shape index (κ2) is 7.25. The third-order valence-electron chi connectivity index (χ3n) is 3.25. The van der Waals surface area contributed by atoms with E-state index in [-0.39, 0.29) is 0 Å². The van der Waals surface area contributed by atoms with Crippen LogP contribution in [0.2, 0.25) is 0 Å². The lowest BCUT2D eigenvalue weighted by Crippen LogP contribution is -1.99. The number of rotatable bonds is 0. The Hall–Kier alpha value is -1.24. The molecule has 100 valence electrons. The Morgan fingerprint density at radius 2 is 1.61 bits per heavy atom. The smallest absolute Gasteiger partial charge is 0.0461 e. The molecule has 0 radical (unpaired) electrons. The first kappa shape index (κ1) is 14.8.